The molecule has 3 heteroatoms. The molecular weight excluding hydrogens is 667 g/mol. The van der Waals surface area contributed by atoms with Gasteiger partial charge in [0.1, 0.15) is 0 Å². The Morgan fingerprint density at radius 2 is 1.02 bits per heavy atom. The average molecular weight is 716 g/mol. The number of fused-ring (bicyclic) bond motifs is 9. The van der Waals surface area contributed by atoms with E-state index < -0.39 is 0 Å². The van der Waals surface area contributed by atoms with E-state index in [-0.39, 0.29) is 0 Å². The Balaban J connectivity index is 1.19. The van der Waals surface area contributed by atoms with Crippen molar-refractivity contribution < 1.29 is 0 Å². The van der Waals surface area contributed by atoms with Crippen LogP contribution in [0.4, 0.5) is 0 Å². The minimum absolute atomic E-state index is 0.499. The molecule has 9 aromatic rings. The fourth-order valence-electron chi connectivity index (χ4n) is 9.67. The van der Waals surface area contributed by atoms with Crippen LogP contribution in [0.2, 0.25) is 0 Å². The van der Waals surface area contributed by atoms with E-state index >= 15 is 0 Å². The molecule has 3 nitrogen and oxygen atoms in total. The Labute approximate surface area is 324 Å². The molecule has 0 amide bonds. The van der Waals surface area contributed by atoms with E-state index in [1.165, 1.54) is 94.8 Å². The van der Waals surface area contributed by atoms with Gasteiger partial charge in [0.05, 0.1) is 27.6 Å². The number of allylic oxidation sites excluding steroid dienone is 1. The van der Waals surface area contributed by atoms with Crippen LogP contribution < -0.4 is 0 Å². The maximum atomic E-state index is 2.53. The maximum absolute atomic E-state index is 2.53. The zero-order valence-corrected chi connectivity index (χ0v) is 32.6. The molecule has 3 heterocycles. The second kappa shape index (κ2) is 13.2. The molecule has 2 atom stereocenters. The number of para-hydroxylation sites is 3. The zero-order valence-electron chi connectivity index (χ0n) is 32.6. The summed E-state index contributed by atoms with van der Waals surface area (Å²) in [6, 6.07) is 50.2. The van der Waals surface area contributed by atoms with Crippen LogP contribution in [0.5, 0.6) is 0 Å². The van der Waals surface area contributed by atoms with Gasteiger partial charge in [-0.05, 0) is 115 Å². The Morgan fingerprint density at radius 1 is 0.527 bits per heavy atom. The lowest BCUT2D eigenvalue weighted by molar-refractivity contribution is 0.315. The first-order valence-corrected chi connectivity index (χ1v) is 20.3. The fraction of sp³-hybridized carbons (Fsp3) is 0.231. The standard InChI is InChI=1S/C52H49N3/c1-33(2)28-37(34(3)4)30-36-19-21-38(22-20-36)53-50-26-23-39(54-47-15-9-6-12-41(47)42-13-7-10-16-48(42)54)31-45(50)46-32-40(24-27-51(46)53)55-49-17-11-8-14-43(49)44-25-18-35(5)29-52(44)55/h6-27,31-35,37H,28-30H2,1-5H3. The van der Waals surface area contributed by atoms with E-state index in [0.29, 0.717) is 23.7 Å². The Kier molecular flexibility index (Phi) is 8.10. The van der Waals surface area contributed by atoms with E-state index in [4.69, 9.17) is 0 Å². The van der Waals surface area contributed by atoms with Crippen LogP contribution in [0.15, 0.2) is 140 Å². The smallest absolute Gasteiger partial charge is 0.0542 e. The molecule has 0 saturated heterocycles. The van der Waals surface area contributed by atoms with Crippen molar-refractivity contribution in [2.45, 2.75) is 53.9 Å². The van der Waals surface area contributed by atoms with E-state index in [9.17, 15) is 0 Å². The van der Waals surface area contributed by atoms with Gasteiger partial charge in [0, 0.05) is 55.3 Å². The van der Waals surface area contributed by atoms with E-state index in [0.717, 1.165) is 12.8 Å². The molecular formula is C52H49N3. The van der Waals surface area contributed by atoms with Gasteiger partial charge >= 0.3 is 0 Å². The Bertz CT molecular complexity index is 2870. The Hall–Kier alpha value is -5.80. The van der Waals surface area contributed by atoms with E-state index in [1.807, 2.05) is 0 Å². The number of hydrogen-bond donors (Lipinski definition) is 0. The Morgan fingerprint density at radius 3 is 1.60 bits per heavy atom. The number of hydrogen-bond acceptors (Lipinski definition) is 0. The second-order valence-electron chi connectivity index (χ2n) is 16.9. The van der Waals surface area contributed by atoms with Gasteiger partial charge in [-0.2, -0.15) is 0 Å². The molecule has 0 radical (unpaired) electrons. The van der Waals surface area contributed by atoms with Crippen molar-refractivity contribution in [1.82, 2.24) is 13.7 Å². The minimum atomic E-state index is 0.499. The lowest BCUT2D eigenvalue weighted by atomic mass is 9.83. The van der Waals surface area contributed by atoms with Gasteiger partial charge in [-0.1, -0.05) is 114 Å². The highest BCUT2D eigenvalue weighted by molar-refractivity contribution is 6.12. The monoisotopic (exact) mass is 715 g/mol. The van der Waals surface area contributed by atoms with Gasteiger partial charge in [0.2, 0.25) is 0 Å². The van der Waals surface area contributed by atoms with Crippen LogP contribution in [0.3, 0.4) is 0 Å². The van der Waals surface area contributed by atoms with E-state index in [2.05, 4.69) is 194 Å². The second-order valence-corrected chi connectivity index (χ2v) is 16.9. The summed E-state index contributed by atoms with van der Waals surface area (Å²) in [4.78, 5) is 0. The van der Waals surface area contributed by atoms with Gasteiger partial charge in [-0.25, -0.2) is 0 Å². The molecule has 2 unspecified atom stereocenters. The number of aromatic nitrogens is 3. The van der Waals surface area contributed by atoms with Gasteiger partial charge < -0.3 is 13.7 Å². The predicted octanol–water partition coefficient (Wildman–Crippen LogP) is 13.9. The van der Waals surface area contributed by atoms with Crippen LogP contribution in [0, 0.1) is 23.7 Å². The summed E-state index contributed by atoms with van der Waals surface area (Å²) in [7, 11) is 0. The maximum Gasteiger partial charge on any atom is 0.0542 e. The number of benzene rings is 6. The first-order valence-electron chi connectivity index (χ1n) is 20.3. The van der Waals surface area contributed by atoms with E-state index in [1.54, 1.807) is 0 Å². The topological polar surface area (TPSA) is 14.8 Å². The minimum Gasteiger partial charge on any atom is -0.313 e. The third-order valence-corrected chi connectivity index (χ3v) is 12.4. The van der Waals surface area contributed by atoms with Crippen LogP contribution >= 0.6 is 0 Å². The molecule has 6 aromatic carbocycles. The first kappa shape index (κ1) is 33.7. The lowest BCUT2D eigenvalue weighted by Gasteiger charge is -2.23. The summed E-state index contributed by atoms with van der Waals surface area (Å²) in [6.07, 6.45) is 8.13. The largest absolute Gasteiger partial charge is 0.313 e. The molecule has 1 aliphatic rings. The first-order chi connectivity index (χ1) is 26.8. The highest BCUT2D eigenvalue weighted by Gasteiger charge is 2.23. The average Bonchev–Trinajstić information content (AvgIpc) is 3.82. The number of nitrogens with zero attached hydrogens (tertiary/aromatic N) is 3. The SMILES string of the molecule is CC(C)CC(Cc1ccc(-n2c3ccc(-n4c5c(c6ccccc64)C=CC(C)C5)cc3c3cc(-n4c5ccccc5c5ccccc54)ccc32)cc1)C(C)C. The summed E-state index contributed by atoms with van der Waals surface area (Å²) < 4.78 is 7.45. The van der Waals surface area contributed by atoms with Crippen LogP contribution in [-0.2, 0) is 12.8 Å². The van der Waals surface area contributed by atoms with Crippen molar-refractivity contribution in [2.24, 2.45) is 23.7 Å². The van der Waals surface area contributed by atoms with Gasteiger partial charge in [0.25, 0.3) is 0 Å². The van der Waals surface area contributed by atoms with Crippen molar-refractivity contribution >= 4 is 60.6 Å². The normalized spacial score (nSPS) is 15.1. The van der Waals surface area contributed by atoms with Crippen LogP contribution in [0.25, 0.3) is 77.7 Å². The third-order valence-electron chi connectivity index (χ3n) is 12.4. The summed E-state index contributed by atoms with van der Waals surface area (Å²) in [5.41, 5.74) is 14.0. The van der Waals surface area contributed by atoms with Crippen molar-refractivity contribution in [3.63, 3.8) is 0 Å². The molecule has 272 valence electrons. The van der Waals surface area contributed by atoms with Gasteiger partial charge in [0.15, 0.2) is 0 Å². The van der Waals surface area contributed by atoms with Crippen molar-refractivity contribution in [1.29, 1.82) is 0 Å². The predicted molar refractivity (Wildman–Crippen MR) is 235 cm³/mol. The van der Waals surface area contributed by atoms with Gasteiger partial charge in [-0.15, -0.1) is 0 Å². The zero-order chi connectivity index (χ0) is 37.4. The summed E-state index contributed by atoms with van der Waals surface area (Å²) in [5, 5.41) is 6.41. The summed E-state index contributed by atoms with van der Waals surface area (Å²) in [5.74, 6) is 2.56. The summed E-state index contributed by atoms with van der Waals surface area (Å²) >= 11 is 0. The molecule has 0 saturated carbocycles. The quantitative estimate of drug-likeness (QED) is 0.149. The molecule has 0 N–H and O–H groups in total. The van der Waals surface area contributed by atoms with Crippen LogP contribution in [-0.4, -0.2) is 13.7 Å². The van der Waals surface area contributed by atoms with Crippen molar-refractivity contribution in [2.75, 3.05) is 0 Å². The van der Waals surface area contributed by atoms with Crippen molar-refractivity contribution in [3.8, 4) is 17.1 Å². The fourth-order valence-corrected chi connectivity index (χ4v) is 9.67. The highest BCUT2D eigenvalue weighted by atomic mass is 15.0. The molecule has 0 fully saturated rings. The molecule has 0 spiro atoms. The number of rotatable bonds is 8. The molecule has 1 aliphatic carbocycles. The molecule has 3 aromatic heterocycles. The van der Waals surface area contributed by atoms with Gasteiger partial charge in [-0.3, -0.25) is 0 Å². The highest BCUT2D eigenvalue weighted by Crippen LogP contribution is 2.40. The lowest BCUT2D eigenvalue weighted by Crippen LogP contribution is -2.14. The molecule has 10 rings (SSSR count). The van der Waals surface area contributed by atoms with Crippen LogP contribution in [0.1, 0.15) is 57.9 Å². The van der Waals surface area contributed by atoms with Crippen molar-refractivity contribution in [3.05, 3.63) is 156 Å². The molecule has 0 bridgehead atoms. The third kappa shape index (κ3) is 5.55. The summed E-state index contributed by atoms with van der Waals surface area (Å²) in [6.45, 7) is 11.8. The molecule has 55 heavy (non-hydrogen) atoms. The molecule has 0 aliphatic heterocycles.